The van der Waals surface area contributed by atoms with Crippen LogP contribution in [0.25, 0.3) is 0 Å². The molecule has 0 aromatic heterocycles. The first-order chi connectivity index (χ1) is 7.96. The number of nitrogens with one attached hydrogen (secondary N) is 1. The lowest BCUT2D eigenvalue weighted by atomic mass is 9.79. The van der Waals surface area contributed by atoms with Crippen LogP contribution in [-0.2, 0) is 14.6 Å². The summed E-state index contributed by atoms with van der Waals surface area (Å²) in [5, 5.41) is 3.20. The summed E-state index contributed by atoms with van der Waals surface area (Å²) in [4.78, 5) is 12.1. The number of hydrogen-bond donors (Lipinski definition) is 1. The summed E-state index contributed by atoms with van der Waals surface area (Å²) in [7, 11) is -3.03. The molecule has 0 saturated carbocycles. The third kappa shape index (κ3) is 3.78. The monoisotopic (exact) mass is 261 g/mol. The quantitative estimate of drug-likeness (QED) is 0.747. The summed E-state index contributed by atoms with van der Waals surface area (Å²) in [6.07, 6.45) is 2.44. The maximum Gasteiger partial charge on any atom is 0.150 e. The fourth-order valence-electron chi connectivity index (χ4n) is 2.41. The van der Waals surface area contributed by atoms with Gasteiger partial charge in [-0.05, 0) is 25.8 Å². The van der Waals surface area contributed by atoms with E-state index in [1.807, 2.05) is 13.8 Å². The van der Waals surface area contributed by atoms with Crippen molar-refractivity contribution in [3.05, 3.63) is 0 Å². The molecule has 100 valence electrons. The first kappa shape index (κ1) is 14.6. The van der Waals surface area contributed by atoms with Crippen LogP contribution in [-0.4, -0.2) is 38.8 Å². The maximum atomic E-state index is 12.1. The van der Waals surface area contributed by atoms with Crippen molar-refractivity contribution < 1.29 is 13.2 Å². The van der Waals surface area contributed by atoms with Crippen molar-refractivity contribution in [3.8, 4) is 0 Å². The van der Waals surface area contributed by atoms with Gasteiger partial charge in [0, 0.05) is 24.1 Å². The molecule has 17 heavy (non-hydrogen) atoms. The van der Waals surface area contributed by atoms with Gasteiger partial charge in [-0.15, -0.1) is 0 Å². The van der Waals surface area contributed by atoms with E-state index in [9.17, 15) is 13.2 Å². The molecule has 0 bridgehead atoms. The Morgan fingerprint density at radius 1 is 1.29 bits per heavy atom. The third-order valence-corrected chi connectivity index (χ3v) is 5.52. The van der Waals surface area contributed by atoms with E-state index in [-0.39, 0.29) is 29.1 Å². The molecule has 4 nitrogen and oxygen atoms in total. The highest BCUT2D eigenvalue weighted by Gasteiger charge is 2.38. The molecule has 1 fully saturated rings. The molecule has 1 N–H and O–H groups in total. The van der Waals surface area contributed by atoms with E-state index in [1.54, 1.807) is 0 Å². The zero-order valence-corrected chi connectivity index (χ0v) is 11.6. The first-order valence-corrected chi connectivity index (χ1v) is 8.22. The molecular weight excluding hydrogens is 238 g/mol. The van der Waals surface area contributed by atoms with Crippen molar-refractivity contribution in [1.29, 1.82) is 0 Å². The van der Waals surface area contributed by atoms with Crippen molar-refractivity contribution in [3.63, 3.8) is 0 Å². The zero-order valence-electron chi connectivity index (χ0n) is 10.8. The summed E-state index contributed by atoms with van der Waals surface area (Å²) in [6, 6.07) is 0. The number of rotatable bonds is 7. The molecule has 1 saturated heterocycles. The molecule has 1 rings (SSSR count). The van der Waals surface area contributed by atoms with E-state index in [4.69, 9.17) is 0 Å². The van der Waals surface area contributed by atoms with Crippen molar-refractivity contribution in [2.75, 3.05) is 24.6 Å². The average molecular weight is 261 g/mol. The first-order valence-electron chi connectivity index (χ1n) is 6.40. The van der Waals surface area contributed by atoms with Gasteiger partial charge in [0.2, 0.25) is 0 Å². The highest BCUT2D eigenvalue weighted by atomic mass is 32.2. The van der Waals surface area contributed by atoms with Gasteiger partial charge in [-0.1, -0.05) is 13.8 Å². The second-order valence-corrected chi connectivity index (χ2v) is 7.19. The summed E-state index contributed by atoms with van der Waals surface area (Å²) in [6.45, 7) is 5.41. The molecule has 1 aliphatic heterocycles. The summed E-state index contributed by atoms with van der Waals surface area (Å²) in [5.74, 6) is 0.323. The molecule has 1 atom stereocenters. The predicted molar refractivity (Wildman–Crippen MR) is 68.8 cm³/mol. The fourth-order valence-corrected chi connectivity index (χ4v) is 3.73. The largest absolute Gasteiger partial charge is 0.316 e. The van der Waals surface area contributed by atoms with E-state index in [2.05, 4.69) is 5.32 Å². The lowest BCUT2D eigenvalue weighted by Crippen LogP contribution is -2.34. The van der Waals surface area contributed by atoms with Crippen LogP contribution < -0.4 is 5.32 Å². The van der Waals surface area contributed by atoms with Gasteiger partial charge in [-0.25, -0.2) is 8.42 Å². The molecule has 0 radical (unpaired) electrons. The Labute approximate surface area is 104 Å². The number of carbonyl (C=O) groups is 1. The topological polar surface area (TPSA) is 63.2 Å². The van der Waals surface area contributed by atoms with Crippen LogP contribution in [0.4, 0.5) is 0 Å². The van der Waals surface area contributed by atoms with Gasteiger partial charge in [0.25, 0.3) is 0 Å². The van der Waals surface area contributed by atoms with Gasteiger partial charge < -0.3 is 5.32 Å². The van der Waals surface area contributed by atoms with Crippen molar-refractivity contribution in [2.45, 2.75) is 39.5 Å². The van der Waals surface area contributed by atoms with E-state index < -0.39 is 9.84 Å². The number of hydrogen-bond acceptors (Lipinski definition) is 4. The molecule has 0 aromatic rings. The van der Waals surface area contributed by atoms with Crippen LogP contribution >= 0.6 is 0 Å². The van der Waals surface area contributed by atoms with Crippen molar-refractivity contribution in [2.24, 2.45) is 5.41 Å². The van der Waals surface area contributed by atoms with Gasteiger partial charge in [0.15, 0.2) is 9.84 Å². The van der Waals surface area contributed by atoms with Crippen LogP contribution in [0.2, 0.25) is 0 Å². The molecular formula is C12H23NO3S. The minimum Gasteiger partial charge on any atom is -0.316 e. The molecule has 1 unspecified atom stereocenters. The summed E-state index contributed by atoms with van der Waals surface area (Å²) >= 11 is 0. The standard InChI is InChI=1S/C12H23NO3S/c1-3-8-17(15,16)9-5-11(14)12(4-2)6-7-13-10-12/h13H,3-10H2,1-2H3. The minimum absolute atomic E-state index is 0.0153. The summed E-state index contributed by atoms with van der Waals surface area (Å²) < 4.78 is 23.1. The minimum atomic E-state index is -3.03. The Kier molecular flexibility index (Phi) is 5.13. The van der Waals surface area contributed by atoms with Crippen LogP contribution in [0.5, 0.6) is 0 Å². The van der Waals surface area contributed by atoms with Crippen molar-refractivity contribution >= 4 is 15.6 Å². The Balaban J connectivity index is 2.54. The van der Waals surface area contributed by atoms with Gasteiger partial charge in [-0.3, -0.25) is 4.79 Å². The molecule has 0 aromatic carbocycles. The highest BCUT2D eigenvalue weighted by Crippen LogP contribution is 2.31. The molecule has 0 spiro atoms. The smallest absolute Gasteiger partial charge is 0.150 e. The van der Waals surface area contributed by atoms with Crippen LogP contribution in [0, 0.1) is 5.41 Å². The van der Waals surface area contributed by atoms with E-state index >= 15 is 0 Å². The molecule has 5 heteroatoms. The van der Waals surface area contributed by atoms with E-state index in [0.717, 1.165) is 19.4 Å². The number of Topliss-reactive ketones (excluding diaryl/α,β-unsaturated/α-hetero) is 1. The van der Waals surface area contributed by atoms with Crippen molar-refractivity contribution in [1.82, 2.24) is 5.32 Å². The van der Waals surface area contributed by atoms with Gasteiger partial charge in [0.05, 0.1) is 5.75 Å². The molecule has 1 aliphatic rings. The fraction of sp³-hybridized carbons (Fsp3) is 0.917. The Morgan fingerprint density at radius 2 is 2.00 bits per heavy atom. The van der Waals surface area contributed by atoms with Gasteiger partial charge >= 0.3 is 0 Å². The Hall–Kier alpha value is -0.420. The second-order valence-electron chi connectivity index (χ2n) is 4.89. The third-order valence-electron chi connectivity index (χ3n) is 3.67. The summed E-state index contributed by atoms with van der Waals surface area (Å²) in [5.41, 5.74) is -0.304. The second kappa shape index (κ2) is 5.96. The zero-order chi connectivity index (χ0) is 12.9. The lowest BCUT2D eigenvalue weighted by Gasteiger charge is -2.24. The average Bonchev–Trinajstić information content (AvgIpc) is 2.75. The number of ketones is 1. The number of sulfone groups is 1. The molecule has 0 amide bonds. The van der Waals surface area contributed by atoms with E-state index in [1.165, 1.54) is 0 Å². The predicted octanol–water partition coefficient (Wildman–Crippen LogP) is 1.16. The Morgan fingerprint density at radius 3 is 2.47 bits per heavy atom. The van der Waals surface area contributed by atoms with Crippen LogP contribution in [0.1, 0.15) is 39.5 Å². The highest BCUT2D eigenvalue weighted by molar-refractivity contribution is 7.91. The lowest BCUT2D eigenvalue weighted by molar-refractivity contribution is -0.127. The van der Waals surface area contributed by atoms with Gasteiger partial charge in [0.1, 0.15) is 5.78 Å². The normalized spacial score (nSPS) is 25.1. The van der Waals surface area contributed by atoms with Gasteiger partial charge in [-0.2, -0.15) is 0 Å². The molecule has 1 heterocycles. The SMILES string of the molecule is CCCS(=O)(=O)CCC(=O)C1(CC)CCNC1. The molecule has 0 aliphatic carbocycles. The maximum absolute atomic E-state index is 12.1. The van der Waals surface area contributed by atoms with Crippen LogP contribution in [0.3, 0.4) is 0 Å². The Bertz CT molecular complexity index is 356. The van der Waals surface area contributed by atoms with E-state index in [0.29, 0.717) is 13.0 Å². The number of carbonyl (C=O) groups excluding carboxylic acids is 1. The van der Waals surface area contributed by atoms with Crippen LogP contribution in [0.15, 0.2) is 0 Å².